The van der Waals surface area contributed by atoms with Gasteiger partial charge in [0.05, 0.1) is 11.3 Å². The first-order chi connectivity index (χ1) is 11.3. The van der Waals surface area contributed by atoms with Gasteiger partial charge in [-0.2, -0.15) is 10.1 Å². The van der Waals surface area contributed by atoms with E-state index in [1.165, 1.54) is 4.80 Å². The van der Waals surface area contributed by atoms with Gasteiger partial charge in [0.2, 0.25) is 11.7 Å². The monoisotopic (exact) mass is 304 g/mol. The van der Waals surface area contributed by atoms with E-state index >= 15 is 0 Å². The minimum absolute atomic E-state index is 0.0837. The number of anilines is 1. The van der Waals surface area contributed by atoms with Crippen LogP contribution in [0.3, 0.4) is 0 Å². The molecule has 0 saturated heterocycles. The van der Waals surface area contributed by atoms with Crippen LogP contribution >= 0.6 is 0 Å². The summed E-state index contributed by atoms with van der Waals surface area (Å²) >= 11 is 0. The Morgan fingerprint density at radius 3 is 2.65 bits per heavy atom. The summed E-state index contributed by atoms with van der Waals surface area (Å²) in [4.78, 5) is 13.3. The van der Waals surface area contributed by atoms with Crippen LogP contribution in [0.15, 0.2) is 54.6 Å². The molecule has 23 heavy (non-hydrogen) atoms. The lowest BCUT2D eigenvalue weighted by molar-refractivity contribution is -0.117. The van der Waals surface area contributed by atoms with E-state index in [4.69, 9.17) is 5.26 Å². The normalized spacial score (nSPS) is 10.0. The number of rotatable bonds is 4. The zero-order valence-corrected chi connectivity index (χ0v) is 12.0. The molecule has 0 radical (unpaired) electrons. The number of benzene rings is 2. The second-order valence-electron chi connectivity index (χ2n) is 4.72. The Morgan fingerprint density at radius 2 is 1.87 bits per heavy atom. The molecule has 1 heterocycles. The van der Waals surface area contributed by atoms with Crippen molar-refractivity contribution in [3.05, 3.63) is 60.2 Å². The maximum atomic E-state index is 12.0. The molecule has 2 aromatic carbocycles. The first-order valence-electron chi connectivity index (χ1n) is 6.88. The van der Waals surface area contributed by atoms with Gasteiger partial charge in [-0.25, -0.2) is 0 Å². The van der Waals surface area contributed by atoms with Gasteiger partial charge in [-0.05, 0) is 17.3 Å². The lowest BCUT2D eigenvalue weighted by Gasteiger charge is -2.05. The molecule has 0 aliphatic heterocycles. The summed E-state index contributed by atoms with van der Waals surface area (Å²) in [6.45, 7) is -0.0837. The highest BCUT2D eigenvalue weighted by atomic mass is 16.2. The van der Waals surface area contributed by atoms with Crippen molar-refractivity contribution in [3.8, 4) is 17.5 Å². The number of hydrogen-bond acceptors (Lipinski definition) is 5. The number of para-hydroxylation sites is 1. The molecule has 0 bridgehead atoms. The van der Waals surface area contributed by atoms with Gasteiger partial charge in [-0.15, -0.1) is 10.2 Å². The Kier molecular flexibility index (Phi) is 4.07. The zero-order valence-electron chi connectivity index (χ0n) is 12.0. The number of carbonyl (C=O) groups is 1. The van der Waals surface area contributed by atoms with Crippen LogP contribution in [0.2, 0.25) is 0 Å². The molecule has 0 aliphatic carbocycles. The highest BCUT2D eigenvalue weighted by Gasteiger charge is 2.10. The molecule has 7 heteroatoms. The summed E-state index contributed by atoms with van der Waals surface area (Å²) in [5, 5.41) is 23.6. The number of carbonyl (C=O) groups excluding carboxylic acids is 1. The van der Waals surface area contributed by atoms with E-state index in [2.05, 4.69) is 20.7 Å². The van der Waals surface area contributed by atoms with Gasteiger partial charge in [0.25, 0.3) is 0 Å². The number of aromatic nitrogens is 4. The number of tetrazole rings is 1. The van der Waals surface area contributed by atoms with Crippen molar-refractivity contribution in [2.45, 2.75) is 6.54 Å². The van der Waals surface area contributed by atoms with Gasteiger partial charge in [-0.1, -0.05) is 42.5 Å². The van der Waals surface area contributed by atoms with Crippen LogP contribution in [-0.2, 0) is 11.3 Å². The van der Waals surface area contributed by atoms with Gasteiger partial charge < -0.3 is 5.32 Å². The average Bonchev–Trinajstić information content (AvgIpc) is 3.04. The Bertz CT molecular complexity index is 866. The molecule has 3 rings (SSSR count). The van der Waals surface area contributed by atoms with E-state index in [9.17, 15) is 4.79 Å². The zero-order chi connectivity index (χ0) is 16.1. The predicted octanol–water partition coefficient (Wildman–Crippen LogP) is 1.85. The third-order valence-electron chi connectivity index (χ3n) is 3.09. The van der Waals surface area contributed by atoms with Crippen LogP contribution in [0.4, 0.5) is 5.69 Å². The van der Waals surface area contributed by atoms with Crippen molar-refractivity contribution >= 4 is 11.6 Å². The van der Waals surface area contributed by atoms with E-state index in [-0.39, 0.29) is 12.5 Å². The van der Waals surface area contributed by atoms with Crippen LogP contribution in [0.5, 0.6) is 0 Å². The quantitative estimate of drug-likeness (QED) is 0.793. The molecule has 7 nitrogen and oxygen atoms in total. The Morgan fingerprint density at radius 1 is 1.13 bits per heavy atom. The van der Waals surface area contributed by atoms with Gasteiger partial charge in [0, 0.05) is 5.56 Å². The summed E-state index contributed by atoms with van der Waals surface area (Å²) in [7, 11) is 0. The third kappa shape index (κ3) is 3.39. The average molecular weight is 304 g/mol. The molecule has 0 fully saturated rings. The standard InChI is InChI=1S/C16H12N6O/c17-10-13-8-4-5-9-14(13)18-15(23)11-22-20-16(19-21-22)12-6-2-1-3-7-12/h1-9H,11H2,(H,18,23). The van der Waals surface area contributed by atoms with E-state index in [0.29, 0.717) is 17.1 Å². The summed E-state index contributed by atoms with van der Waals surface area (Å²) in [6, 6.07) is 18.2. The lowest BCUT2D eigenvalue weighted by atomic mass is 10.2. The first-order valence-corrected chi connectivity index (χ1v) is 6.88. The van der Waals surface area contributed by atoms with Gasteiger partial charge >= 0.3 is 0 Å². The highest BCUT2D eigenvalue weighted by Crippen LogP contribution is 2.14. The van der Waals surface area contributed by atoms with Crippen molar-refractivity contribution in [3.63, 3.8) is 0 Å². The minimum atomic E-state index is -0.329. The summed E-state index contributed by atoms with van der Waals surface area (Å²) in [6.07, 6.45) is 0. The molecule has 0 saturated carbocycles. The summed E-state index contributed by atoms with van der Waals surface area (Å²) in [5.74, 6) is 0.125. The summed E-state index contributed by atoms with van der Waals surface area (Å²) in [5.41, 5.74) is 1.69. The molecule has 0 spiro atoms. The second kappa shape index (κ2) is 6.49. The Hall–Kier alpha value is -3.53. The molecular formula is C16H12N6O. The number of hydrogen-bond donors (Lipinski definition) is 1. The van der Waals surface area contributed by atoms with E-state index in [0.717, 1.165) is 5.56 Å². The smallest absolute Gasteiger partial charge is 0.248 e. The largest absolute Gasteiger partial charge is 0.323 e. The van der Waals surface area contributed by atoms with E-state index in [1.807, 2.05) is 36.4 Å². The van der Waals surface area contributed by atoms with Crippen molar-refractivity contribution in [2.75, 3.05) is 5.32 Å². The Labute approximate surface area is 132 Å². The molecular weight excluding hydrogens is 292 g/mol. The third-order valence-corrected chi connectivity index (χ3v) is 3.09. The van der Waals surface area contributed by atoms with Crippen LogP contribution in [0, 0.1) is 11.3 Å². The number of amides is 1. The molecule has 0 unspecified atom stereocenters. The van der Waals surface area contributed by atoms with Crippen molar-refractivity contribution < 1.29 is 4.79 Å². The lowest BCUT2D eigenvalue weighted by Crippen LogP contribution is -2.21. The van der Waals surface area contributed by atoms with E-state index in [1.54, 1.807) is 24.3 Å². The minimum Gasteiger partial charge on any atom is -0.323 e. The van der Waals surface area contributed by atoms with Gasteiger partial charge in [0.1, 0.15) is 12.6 Å². The molecule has 112 valence electrons. The molecule has 0 aliphatic rings. The molecule has 1 amide bonds. The molecule has 3 aromatic rings. The number of nitriles is 1. The fourth-order valence-electron chi connectivity index (χ4n) is 2.02. The fourth-order valence-corrected chi connectivity index (χ4v) is 2.02. The van der Waals surface area contributed by atoms with Crippen LogP contribution < -0.4 is 5.32 Å². The Balaban J connectivity index is 1.69. The van der Waals surface area contributed by atoms with Gasteiger partial charge in [0.15, 0.2) is 0 Å². The molecule has 0 atom stereocenters. The first kappa shape index (κ1) is 14.4. The molecule has 1 aromatic heterocycles. The van der Waals surface area contributed by atoms with Crippen molar-refractivity contribution in [1.29, 1.82) is 5.26 Å². The number of nitrogens with zero attached hydrogens (tertiary/aromatic N) is 5. The van der Waals surface area contributed by atoms with Crippen molar-refractivity contribution in [1.82, 2.24) is 20.2 Å². The maximum Gasteiger partial charge on any atom is 0.248 e. The van der Waals surface area contributed by atoms with Gasteiger partial charge in [-0.3, -0.25) is 4.79 Å². The van der Waals surface area contributed by atoms with Crippen LogP contribution in [0.25, 0.3) is 11.4 Å². The topological polar surface area (TPSA) is 96.5 Å². The molecule has 1 N–H and O–H groups in total. The van der Waals surface area contributed by atoms with Crippen LogP contribution in [-0.4, -0.2) is 26.1 Å². The fraction of sp³-hybridized carbons (Fsp3) is 0.0625. The SMILES string of the molecule is N#Cc1ccccc1NC(=O)Cn1nnc(-c2ccccc2)n1. The highest BCUT2D eigenvalue weighted by molar-refractivity contribution is 5.91. The predicted molar refractivity (Wildman–Crippen MR) is 83.0 cm³/mol. The van der Waals surface area contributed by atoms with E-state index < -0.39 is 0 Å². The second-order valence-corrected chi connectivity index (χ2v) is 4.72. The van der Waals surface area contributed by atoms with Crippen LogP contribution in [0.1, 0.15) is 5.56 Å². The maximum absolute atomic E-state index is 12.0. The number of nitrogens with one attached hydrogen (secondary N) is 1. The van der Waals surface area contributed by atoms with Crippen molar-refractivity contribution in [2.24, 2.45) is 0 Å². The summed E-state index contributed by atoms with van der Waals surface area (Å²) < 4.78 is 0.